The summed E-state index contributed by atoms with van der Waals surface area (Å²) in [6.45, 7) is 5.97. The molecule has 2 atom stereocenters. The van der Waals surface area contributed by atoms with E-state index in [1.54, 1.807) is 0 Å². The lowest BCUT2D eigenvalue weighted by Crippen LogP contribution is -2.12. The Labute approximate surface area is 78.8 Å². The van der Waals surface area contributed by atoms with Crippen molar-refractivity contribution in [2.45, 2.75) is 26.2 Å². The van der Waals surface area contributed by atoms with Crippen LogP contribution in [0.2, 0.25) is 0 Å². The lowest BCUT2D eigenvalue weighted by molar-refractivity contribution is -0.120. The second-order valence-electron chi connectivity index (χ2n) is 3.50. The zero-order chi connectivity index (χ0) is 9.14. The van der Waals surface area contributed by atoms with Gasteiger partial charge in [-0.05, 0) is 18.8 Å². The van der Waals surface area contributed by atoms with Gasteiger partial charge in [0.25, 0.3) is 0 Å². The van der Waals surface area contributed by atoms with Crippen LogP contribution in [0, 0.1) is 11.8 Å². The molecule has 0 aromatic rings. The van der Waals surface area contributed by atoms with Crippen LogP contribution in [-0.4, -0.2) is 11.7 Å². The molecule has 0 bridgehead atoms. The molecule has 1 fully saturated rings. The van der Waals surface area contributed by atoms with Gasteiger partial charge in [-0.3, -0.25) is 4.79 Å². The Kier molecular flexibility index (Phi) is 3.33. The van der Waals surface area contributed by atoms with E-state index < -0.39 is 0 Å². The monoisotopic (exact) mass is 186 g/mol. The van der Waals surface area contributed by atoms with Crippen molar-refractivity contribution in [3.8, 4) is 0 Å². The predicted molar refractivity (Wildman–Crippen MR) is 51.4 cm³/mol. The summed E-state index contributed by atoms with van der Waals surface area (Å²) in [7, 11) is 0. The van der Waals surface area contributed by atoms with Gasteiger partial charge in [0.1, 0.15) is 5.78 Å². The number of carbonyl (C=O) groups excluding carboxylic acids is 1. The van der Waals surface area contributed by atoms with Crippen LogP contribution in [0.1, 0.15) is 26.2 Å². The standard InChI is InChI=1S/C10H15ClO/c1-7(5-6-11)9-3-4-10(12)8(9)2/h8-9H,1,3-6H2,2H3. The number of allylic oxidation sites excluding steroid dienone is 1. The summed E-state index contributed by atoms with van der Waals surface area (Å²) in [5, 5.41) is 0. The lowest BCUT2D eigenvalue weighted by Gasteiger charge is -2.15. The highest BCUT2D eigenvalue weighted by molar-refractivity contribution is 6.18. The Balaban J connectivity index is 2.53. The van der Waals surface area contributed by atoms with Crippen LogP contribution >= 0.6 is 11.6 Å². The van der Waals surface area contributed by atoms with Crippen molar-refractivity contribution in [2.24, 2.45) is 11.8 Å². The van der Waals surface area contributed by atoms with Crippen LogP contribution in [0.25, 0.3) is 0 Å². The molecule has 1 nitrogen and oxygen atoms in total. The van der Waals surface area contributed by atoms with Crippen molar-refractivity contribution in [1.82, 2.24) is 0 Å². The van der Waals surface area contributed by atoms with E-state index >= 15 is 0 Å². The van der Waals surface area contributed by atoms with Gasteiger partial charge in [0.15, 0.2) is 0 Å². The Morgan fingerprint density at radius 2 is 2.42 bits per heavy atom. The van der Waals surface area contributed by atoms with E-state index in [0.717, 1.165) is 24.8 Å². The van der Waals surface area contributed by atoms with Crippen LogP contribution in [0.15, 0.2) is 12.2 Å². The first-order valence-corrected chi connectivity index (χ1v) is 4.96. The number of hydrogen-bond acceptors (Lipinski definition) is 1. The first-order chi connectivity index (χ1) is 5.66. The van der Waals surface area contributed by atoms with Crippen molar-refractivity contribution >= 4 is 17.4 Å². The molecule has 0 N–H and O–H groups in total. The Bertz CT molecular complexity index is 198. The average molecular weight is 187 g/mol. The molecule has 2 heteroatoms. The molecule has 1 aliphatic carbocycles. The van der Waals surface area contributed by atoms with Gasteiger partial charge in [-0.1, -0.05) is 19.1 Å². The highest BCUT2D eigenvalue weighted by Gasteiger charge is 2.31. The van der Waals surface area contributed by atoms with Crippen LogP contribution in [0.4, 0.5) is 0 Å². The average Bonchev–Trinajstić information content (AvgIpc) is 2.34. The van der Waals surface area contributed by atoms with E-state index in [2.05, 4.69) is 6.58 Å². The first-order valence-electron chi connectivity index (χ1n) is 4.43. The second kappa shape index (κ2) is 4.08. The second-order valence-corrected chi connectivity index (χ2v) is 3.88. The van der Waals surface area contributed by atoms with Gasteiger partial charge in [-0.2, -0.15) is 0 Å². The third-order valence-corrected chi connectivity index (χ3v) is 2.94. The summed E-state index contributed by atoms with van der Waals surface area (Å²) in [5.41, 5.74) is 1.16. The van der Waals surface area contributed by atoms with Crippen molar-refractivity contribution in [2.75, 3.05) is 5.88 Å². The van der Waals surface area contributed by atoms with E-state index in [1.165, 1.54) is 0 Å². The fraction of sp³-hybridized carbons (Fsp3) is 0.700. The Hall–Kier alpha value is -0.300. The maximum Gasteiger partial charge on any atom is 0.136 e. The summed E-state index contributed by atoms with van der Waals surface area (Å²) in [6.07, 6.45) is 2.56. The summed E-state index contributed by atoms with van der Waals surface area (Å²) in [4.78, 5) is 11.2. The minimum absolute atomic E-state index is 0.181. The van der Waals surface area contributed by atoms with E-state index in [0.29, 0.717) is 17.6 Å². The van der Waals surface area contributed by atoms with E-state index in [9.17, 15) is 4.79 Å². The molecule has 0 aromatic carbocycles. The van der Waals surface area contributed by atoms with Crippen molar-refractivity contribution in [3.63, 3.8) is 0 Å². The summed E-state index contributed by atoms with van der Waals surface area (Å²) in [5.74, 6) is 1.59. The molecule has 0 aliphatic heterocycles. The fourth-order valence-electron chi connectivity index (χ4n) is 1.86. The highest BCUT2D eigenvalue weighted by Crippen LogP contribution is 2.34. The molecule has 0 heterocycles. The van der Waals surface area contributed by atoms with E-state index in [4.69, 9.17) is 11.6 Å². The number of halogens is 1. The fourth-order valence-corrected chi connectivity index (χ4v) is 2.11. The van der Waals surface area contributed by atoms with Crippen molar-refractivity contribution < 1.29 is 4.79 Å². The van der Waals surface area contributed by atoms with Gasteiger partial charge in [-0.15, -0.1) is 11.6 Å². The Morgan fingerprint density at radius 3 is 2.83 bits per heavy atom. The molecule has 1 rings (SSSR count). The normalized spacial score (nSPS) is 29.3. The molecule has 68 valence electrons. The minimum Gasteiger partial charge on any atom is -0.299 e. The summed E-state index contributed by atoms with van der Waals surface area (Å²) in [6, 6.07) is 0. The number of hydrogen-bond donors (Lipinski definition) is 0. The molecule has 0 saturated heterocycles. The van der Waals surface area contributed by atoms with Gasteiger partial charge in [-0.25, -0.2) is 0 Å². The largest absolute Gasteiger partial charge is 0.299 e. The van der Waals surface area contributed by atoms with Crippen LogP contribution < -0.4 is 0 Å². The van der Waals surface area contributed by atoms with Crippen LogP contribution in [0.3, 0.4) is 0 Å². The first kappa shape index (κ1) is 9.79. The molecule has 12 heavy (non-hydrogen) atoms. The van der Waals surface area contributed by atoms with Gasteiger partial charge < -0.3 is 0 Å². The third-order valence-electron chi connectivity index (χ3n) is 2.75. The van der Waals surface area contributed by atoms with Gasteiger partial charge in [0.05, 0.1) is 0 Å². The maximum atomic E-state index is 11.2. The topological polar surface area (TPSA) is 17.1 Å². The highest BCUT2D eigenvalue weighted by atomic mass is 35.5. The molecule has 0 spiro atoms. The molecule has 1 aliphatic rings. The molecule has 2 unspecified atom stereocenters. The van der Waals surface area contributed by atoms with E-state index in [-0.39, 0.29) is 5.92 Å². The quantitative estimate of drug-likeness (QED) is 0.490. The maximum absolute atomic E-state index is 11.2. The zero-order valence-electron chi connectivity index (χ0n) is 7.48. The number of Topliss-reactive ketones (excluding diaryl/α,β-unsaturated/α-hetero) is 1. The molecular weight excluding hydrogens is 172 g/mol. The SMILES string of the molecule is C=C(CCCl)C1CCC(=O)C1C. The molecule has 0 aromatic heterocycles. The number of rotatable bonds is 3. The van der Waals surface area contributed by atoms with E-state index in [1.807, 2.05) is 6.92 Å². The number of alkyl halides is 1. The van der Waals surface area contributed by atoms with Crippen molar-refractivity contribution in [3.05, 3.63) is 12.2 Å². The number of ketones is 1. The predicted octanol–water partition coefficient (Wildman–Crippen LogP) is 2.79. The third kappa shape index (κ3) is 1.89. The molecule has 0 radical (unpaired) electrons. The summed E-state index contributed by atoms with van der Waals surface area (Å²) >= 11 is 5.61. The number of carbonyl (C=O) groups is 1. The Morgan fingerprint density at radius 1 is 1.75 bits per heavy atom. The lowest BCUT2D eigenvalue weighted by atomic mass is 9.89. The zero-order valence-corrected chi connectivity index (χ0v) is 8.23. The van der Waals surface area contributed by atoms with Gasteiger partial charge >= 0.3 is 0 Å². The molecule has 0 amide bonds. The smallest absolute Gasteiger partial charge is 0.136 e. The van der Waals surface area contributed by atoms with Gasteiger partial charge in [0, 0.05) is 18.2 Å². The minimum atomic E-state index is 0.181. The van der Waals surface area contributed by atoms with Crippen molar-refractivity contribution in [1.29, 1.82) is 0 Å². The summed E-state index contributed by atoms with van der Waals surface area (Å²) < 4.78 is 0. The van der Waals surface area contributed by atoms with Gasteiger partial charge in [0.2, 0.25) is 0 Å². The van der Waals surface area contributed by atoms with Crippen LogP contribution in [-0.2, 0) is 4.79 Å². The molecular formula is C10H15ClO. The van der Waals surface area contributed by atoms with Crippen LogP contribution in [0.5, 0.6) is 0 Å². The molecule has 1 saturated carbocycles.